The number of ether oxygens (including phenoxy) is 2. The number of aliphatic imine (C=N–C) groups is 1. The van der Waals surface area contributed by atoms with Crippen molar-refractivity contribution in [3.05, 3.63) is 0 Å². The minimum atomic E-state index is -0.521. The second-order valence-electron chi connectivity index (χ2n) is 6.24. The number of nitrogens with one attached hydrogen (secondary N) is 3. The van der Waals surface area contributed by atoms with Gasteiger partial charge in [-0.2, -0.15) is 0 Å². The summed E-state index contributed by atoms with van der Waals surface area (Å²) in [6.07, 6.45) is 1.11. The Hall–Kier alpha value is -2.23. The van der Waals surface area contributed by atoms with E-state index >= 15 is 0 Å². The molecule has 0 aliphatic carbocycles. The van der Waals surface area contributed by atoms with Crippen LogP contribution in [0, 0.1) is 0 Å². The molecule has 0 aliphatic rings. The van der Waals surface area contributed by atoms with Crippen LogP contribution in [0.3, 0.4) is 0 Å². The normalized spacial score (nSPS) is 10.7. The van der Waals surface area contributed by atoms with E-state index in [4.69, 9.17) is 20.9 Å². The molecule has 0 atom stereocenters. The van der Waals surface area contributed by atoms with Gasteiger partial charge < -0.3 is 36.9 Å². The van der Waals surface area contributed by atoms with Gasteiger partial charge in [0, 0.05) is 26.2 Å². The Morgan fingerprint density at radius 1 is 0.960 bits per heavy atom. The fourth-order valence-electron chi connectivity index (χ4n) is 1.59. The van der Waals surface area contributed by atoms with Crippen LogP contribution in [-0.2, 0) is 9.47 Å². The fourth-order valence-corrected chi connectivity index (χ4v) is 1.59. The lowest BCUT2D eigenvalue weighted by atomic mass is 10.2. The highest BCUT2D eigenvalue weighted by atomic mass is 16.6. The van der Waals surface area contributed by atoms with Gasteiger partial charge >= 0.3 is 12.1 Å². The van der Waals surface area contributed by atoms with E-state index < -0.39 is 11.7 Å². The second kappa shape index (κ2) is 13.1. The number of hydrogen-bond acceptors (Lipinski definition) is 5. The van der Waals surface area contributed by atoms with Crippen molar-refractivity contribution in [3.8, 4) is 0 Å². The summed E-state index contributed by atoms with van der Waals surface area (Å²) in [5, 5.41) is 7.97. The zero-order valence-electron chi connectivity index (χ0n) is 15.4. The van der Waals surface area contributed by atoms with E-state index in [1.165, 1.54) is 0 Å². The Balaban J connectivity index is 3.40. The van der Waals surface area contributed by atoms with Gasteiger partial charge in [0.2, 0.25) is 0 Å². The highest BCUT2D eigenvalue weighted by Crippen LogP contribution is 2.05. The molecule has 25 heavy (non-hydrogen) atoms. The van der Waals surface area contributed by atoms with Crippen LogP contribution in [0.1, 0.15) is 33.6 Å². The van der Waals surface area contributed by atoms with Crippen LogP contribution < -0.4 is 27.4 Å². The number of hydrogen-bond donors (Lipinski definition) is 5. The molecule has 0 aromatic rings. The van der Waals surface area contributed by atoms with Crippen molar-refractivity contribution in [3.63, 3.8) is 0 Å². The Morgan fingerprint density at radius 2 is 1.56 bits per heavy atom. The Labute approximate surface area is 149 Å². The number of amides is 3. The fraction of sp³-hybridized carbons (Fsp3) is 0.800. The maximum Gasteiger partial charge on any atom is 0.407 e. The van der Waals surface area contributed by atoms with Crippen molar-refractivity contribution < 1.29 is 19.1 Å². The van der Waals surface area contributed by atoms with E-state index in [0.29, 0.717) is 39.4 Å². The van der Waals surface area contributed by atoms with E-state index in [1.54, 1.807) is 20.8 Å². The molecule has 0 fully saturated rings. The largest absolute Gasteiger partial charge is 0.444 e. The number of alkyl carbamates (subject to hydrolysis) is 1. The summed E-state index contributed by atoms with van der Waals surface area (Å²) in [7, 11) is 0. The number of rotatable bonds is 11. The Bertz CT molecular complexity index is 419. The van der Waals surface area contributed by atoms with Gasteiger partial charge in [0.05, 0.1) is 13.2 Å². The van der Waals surface area contributed by atoms with Crippen LogP contribution >= 0.6 is 0 Å². The zero-order chi connectivity index (χ0) is 19.1. The molecule has 0 saturated heterocycles. The Morgan fingerprint density at radius 3 is 2.16 bits per heavy atom. The van der Waals surface area contributed by atoms with Crippen molar-refractivity contribution in [2.75, 3.05) is 39.4 Å². The molecule has 0 aliphatic heterocycles. The summed E-state index contributed by atoms with van der Waals surface area (Å²) < 4.78 is 10.4. The minimum absolute atomic E-state index is 0.0759. The molecule has 0 heterocycles. The molecule has 10 heteroatoms. The van der Waals surface area contributed by atoms with Gasteiger partial charge in [0.1, 0.15) is 5.60 Å². The molecule has 0 unspecified atom stereocenters. The first-order valence-electron chi connectivity index (χ1n) is 8.32. The molecule has 146 valence electrons. The number of carbonyl (C=O) groups is 2. The summed E-state index contributed by atoms with van der Waals surface area (Å²) in [5.74, 6) is 0.0759. The predicted octanol–water partition coefficient (Wildman–Crippen LogP) is -0.119. The van der Waals surface area contributed by atoms with Gasteiger partial charge in [0.15, 0.2) is 5.96 Å². The predicted molar refractivity (Wildman–Crippen MR) is 96.4 cm³/mol. The average molecular weight is 360 g/mol. The number of guanidine groups is 1. The monoisotopic (exact) mass is 360 g/mol. The SMILES string of the molecule is CC(C)(C)OC(=O)NCCOCCNC(=O)NCCCCN=C(N)N. The highest BCUT2D eigenvalue weighted by molar-refractivity contribution is 5.75. The molecule has 0 aromatic carbocycles. The van der Waals surface area contributed by atoms with E-state index in [9.17, 15) is 9.59 Å². The van der Waals surface area contributed by atoms with Crippen LogP contribution in [0.5, 0.6) is 0 Å². The minimum Gasteiger partial charge on any atom is -0.444 e. The molecular formula is C15H32N6O4. The van der Waals surface area contributed by atoms with Crippen LogP contribution in [0.4, 0.5) is 9.59 Å². The average Bonchev–Trinajstić information content (AvgIpc) is 2.47. The maximum absolute atomic E-state index is 11.5. The number of nitrogens with zero attached hydrogens (tertiary/aromatic N) is 1. The molecule has 7 N–H and O–H groups in total. The molecule has 0 rings (SSSR count). The summed E-state index contributed by atoms with van der Waals surface area (Å²) in [6, 6.07) is -0.252. The Kier molecular flexibility index (Phi) is 11.9. The summed E-state index contributed by atoms with van der Waals surface area (Å²) in [6.45, 7) is 7.91. The van der Waals surface area contributed by atoms with E-state index in [1.807, 2.05) is 0 Å². The number of urea groups is 1. The van der Waals surface area contributed by atoms with Gasteiger partial charge in [-0.1, -0.05) is 0 Å². The highest BCUT2D eigenvalue weighted by Gasteiger charge is 2.15. The smallest absolute Gasteiger partial charge is 0.407 e. The quantitative estimate of drug-likeness (QED) is 0.197. The number of unbranched alkanes of at least 4 members (excludes halogenated alkanes) is 1. The second-order valence-corrected chi connectivity index (χ2v) is 6.24. The van der Waals surface area contributed by atoms with Crippen molar-refractivity contribution in [2.24, 2.45) is 16.5 Å². The maximum atomic E-state index is 11.5. The van der Waals surface area contributed by atoms with Gasteiger partial charge in [-0.05, 0) is 33.6 Å². The van der Waals surface area contributed by atoms with E-state index in [-0.39, 0.29) is 12.0 Å². The topological polar surface area (TPSA) is 153 Å². The standard InChI is InChI=1S/C15H32N6O4/c1-15(2,3)25-14(23)21-9-11-24-10-8-20-13(22)19-7-5-4-6-18-12(16)17/h4-11H2,1-3H3,(H,21,23)(H4,16,17,18)(H2,19,20,22). The van der Waals surface area contributed by atoms with Gasteiger partial charge in [-0.25, -0.2) is 9.59 Å². The van der Waals surface area contributed by atoms with Crippen LogP contribution in [0.15, 0.2) is 4.99 Å². The van der Waals surface area contributed by atoms with E-state index in [0.717, 1.165) is 12.8 Å². The number of nitrogens with two attached hydrogens (primary N) is 2. The lowest BCUT2D eigenvalue weighted by molar-refractivity contribution is 0.0501. The van der Waals surface area contributed by atoms with Crippen molar-refractivity contribution in [1.29, 1.82) is 0 Å². The molecule has 0 spiro atoms. The molecular weight excluding hydrogens is 328 g/mol. The van der Waals surface area contributed by atoms with Crippen molar-refractivity contribution in [1.82, 2.24) is 16.0 Å². The van der Waals surface area contributed by atoms with E-state index in [2.05, 4.69) is 20.9 Å². The van der Waals surface area contributed by atoms with Crippen molar-refractivity contribution >= 4 is 18.1 Å². The summed E-state index contributed by atoms with van der Waals surface area (Å²) in [5.41, 5.74) is 9.88. The van der Waals surface area contributed by atoms with Crippen LogP contribution in [0.25, 0.3) is 0 Å². The first-order chi connectivity index (χ1) is 11.7. The third-order valence-corrected chi connectivity index (χ3v) is 2.61. The molecule has 10 nitrogen and oxygen atoms in total. The first-order valence-corrected chi connectivity index (χ1v) is 8.32. The molecule has 0 bridgehead atoms. The van der Waals surface area contributed by atoms with Gasteiger partial charge in [-0.3, -0.25) is 4.99 Å². The third kappa shape index (κ3) is 18.0. The zero-order valence-corrected chi connectivity index (χ0v) is 15.4. The molecule has 0 radical (unpaired) electrons. The molecule has 0 saturated carbocycles. The summed E-state index contributed by atoms with van der Waals surface area (Å²) >= 11 is 0. The first kappa shape index (κ1) is 22.8. The molecule has 0 aromatic heterocycles. The van der Waals surface area contributed by atoms with Gasteiger partial charge in [-0.15, -0.1) is 0 Å². The third-order valence-electron chi connectivity index (χ3n) is 2.61. The van der Waals surface area contributed by atoms with Crippen LogP contribution in [0.2, 0.25) is 0 Å². The lowest BCUT2D eigenvalue weighted by Crippen LogP contribution is -2.38. The number of carbonyl (C=O) groups excluding carboxylic acids is 2. The summed E-state index contributed by atoms with van der Waals surface area (Å²) in [4.78, 5) is 26.7. The lowest BCUT2D eigenvalue weighted by Gasteiger charge is -2.19. The van der Waals surface area contributed by atoms with Gasteiger partial charge in [0.25, 0.3) is 0 Å². The van der Waals surface area contributed by atoms with Crippen molar-refractivity contribution in [2.45, 2.75) is 39.2 Å². The molecule has 3 amide bonds. The van der Waals surface area contributed by atoms with Crippen LogP contribution in [-0.4, -0.2) is 63.1 Å².